The lowest BCUT2D eigenvalue weighted by Gasteiger charge is -2.13. The number of thiazole rings is 1. The predicted octanol–water partition coefficient (Wildman–Crippen LogP) is 2.92. The van der Waals surface area contributed by atoms with Crippen LogP contribution in [0.1, 0.15) is 23.4 Å². The molecule has 3 N–H and O–H groups in total. The van der Waals surface area contributed by atoms with Crippen molar-refractivity contribution in [2.75, 3.05) is 18.9 Å². The van der Waals surface area contributed by atoms with Crippen LogP contribution >= 0.6 is 11.3 Å². The number of nitrogen functional groups attached to an aromatic ring is 1. The summed E-state index contributed by atoms with van der Waals surface area (Å²) in [6.45, 7) is 4.75. The van der Waals surface area contributed by atoms with E-state index in [-0.39, 0.29) is 17.5 Å². The van der Waals surface area contributed by atoms with Crippen LogP contribution in [0.25, 0.3) is 21.8 Å². The van der Waals surface area contributed by atoms with E-state index >= 15 is 0 Å². The number of nitrogens with zero attached hydrogens (tertiary/aromatic N) is 3. The van der Waals surface area contributed by atoms with E-state index in [1.807, 2.05) is 13.8 Å². The minimum atomic E-state index is -3.67. The molecule has 30 heavy (non-hydrogen) atoms. The molecule has 1 unspecified atom stereocenters. The highest BCUT2D eigenvalue weighted by molar-refractivity contribution is 7.89. The standard InChI is InChI=1S/C20H23N5O3S2/c1-12-5-6-15(30(26,27)24-9-14-4-3-7-28-14)8-16(12)17-10-23-20(21)19(25-17)18-11-22-13(2)29-18/h5-6,8,10-11,14,24H,3-4,7,9H2,1-2H3,(H2,21,23). The van der Waals surface area contributed by atoms with Gasteiger partial charge in [0.2, 0.25) is 10.0 Å². The Labute approximate surface area is 179 Å². The van der Waals surface area contributed by atoms with Crippen molar-refractivity contribution < 1.29 is 13.2 Å². The summed E-state index contributed by atoms with van der Waals surface area (Å²) in [4.78, 5) is 14.2. The molecule has 0 radical (unpaired) electrons. The molecule has 1 aliphatic heterocycles. The van der Waals surface area contributed by atoms with Crippen molar-refractivity contribution in [3.05, 3.63) is 41.2 Å². The molecule has 0 bridgehead atoms. The van der Waals surface area contributed by atoms with Crippen molar-refractivity contribution in [3.63, 3.8) is 0 Å². The van der Waals surface area contributed by atoms with E-state index in [2.05, 4.69) is 19.7 Å². The Kier molecular flexibility index (Phi) is 5.83. The fourth-order valence-electron chi connectivity index (χ4n) is 3.32. The smallest absolute Gasteiger partial charge is 0.240 e. The van der Waals surface area contributed by atoms with Crippen molar-refractivity contribution in [1.29, 1.82) is 0 Å². The largest absolute Gasteiger partial charge is 0.382 e. The molecule has 3 heterocycles. The summed E-state index contributed by atoms with van der Waals surface area (Å²) in [6, 6.07) is 4.98. The van der Waals surface area contributed by atoms with Crippen LogP contribution < -0.4 is 10.5 Å². The Balaban J connectivity index is 1.66. The minimum absolute atomic E-state index is 0.0712. The van der Waals surface area contributed by atoms with Crippen LogP contribution in [-0.2, 0) is 14.8 Å². The van der Waals surface area contributed by atoms with Crippen LogP contribution in [0.15, 0.2) is 35.5 Å². The first kappa shape index (κ1) is 20.9. The average Bonchev–Trinajstić information content (AvgIpc) is 3.39. The van der Waals surface area contributed by atoms with E-state index in [4.69, 9.17) is 10.5 Å². The van der Waals surface area contributed by atoms with Crippen molar-refractivity contribution >= 4 is 27.2 Å². The summed E-state index contributed by atoms with van der Waals surface area (Å²) in [7, 11) is -3.67. The van der Waals surface area contributed by atoms with Crippen LogP contribution in [0.5, 0.6) is 0 Å². The molecule has 0 saturated carbocycles. The highest BCUT2D eigenvalue weighted by Gasteiger charge is 2.21. The maximum absolute atomic E-state index is 12.8. The second kappa shape index (κ2) is 8.38. The van der Waals surface area contributed by atoms with E-state index in [0.717, 1.165) is 28.3 Å². The molecule has 0 aliphatic carbocycles. The van der Waals surface area contributed by atoms with Crippen LogP contribution in [0.2, 0.25) is 0 Å². The maximum Gasteiger partial charge on any atom is 0.240 e. The molecular weight excluding hydrogens is 422 g/mol. The number of ether oxygens (including phenoxy) is 1. The van der Waals surface area contributed by atoms with E-state index in [1.165, 1.54) is 11.3 Å². The Morgan fingerprint density at radius 3 is 2.80 bits per heavy atom. The number of hydrogen-bond donors (Lipinski definition) is 2. The van der Waals surface area contributed by atoms with Crippen LogP contribution in [0.3, 0.4) is 0 Å². The van der Waals surface area contributed by atoms with Crippen molar-refractivity contribution in [1.82, 2.24) is 19.7 Å². The number of benzene rings is 1. The summed E-state index contributed by atoms with van der Waals surface area (Å²) < 4.78 is 33.8. The van der Waals surface area contributed by atoms with Gasteiger partial charge in [-0.05, 0) is 44.4 Å². The average molecular weight is 446 g/mol. The zero-order valence-corrected chi connectivity index (χ0v) is 18.4. The number of aromatic nitrogens is 3. The van der Waals surface area contributed by atoms with Crippen LogP contribution in [0, 0.1) is 13.8 Å². The Morgan fingerprint density at radius 1 is 1.27 bits per heavy atom. The number of rotatable bonds is 6. The molecule has 1 saturated heterocycles. The fourth-order valence-corrected chi connectivity index (χ4v) is 5.18. The zero-order valence-electron chi connectivity index (χ0n) is 16.8. The Bertz CT molecular complexity index is 1170. The lowest BCUT2D eigenvalue weighted by Crippen LogP contribution is -2.31. The molecule has 4 rings (SSSR count). The van der Waals surface area contributed by atoms with Gasteiger partial charge >= 0.3 is 0 Å². The summed E-state index contributed by atoms with van der Waals surface area (Å²) in [5.41, 5.74) is 8.70. The Morgan fingerprint density at radius 2 is 2.10 bits per heavy atom. The lowest BCUT2D eigenvalue weighted by molar-refractivity contribution is 0.114. The van der Waals surface area contributed by atoms with E-state index < -0.39 is 10.0 Å². The lowest BCUT2D eigenvalue weighted by atomic mass is 10.1. The molecule has 1 aliphatic rings. The molecule has 10 heteroatoms. The van der Waals surface area contributed by atoms with Crippen LogP contribution in [-0.4, -0.2) is 42.6 Å². The van der Waals surface area contributed by atoms with Crippen molar-refractivity contribution in [2.24, 2.45) is 0 Å². The normalized spacial score (nSPS) is 16.8. The van der Waals surface area contributed by atoms with Gasteiger partial charge in [0, 0.05) is 24.9 Å². The summed E-state index contributed by atoms with van der Waals surface area (Å²) in [5, 5.41) is 0.901. The van der Waals surface area contributed by atoms with Gasteiger partial charge in [-0.25, -0.2) is 28.1 Å². The molecule has 1 aromatic carbocycles. The molecule has 2 aromatic heterocycles. The monoisotopic (exact) mass is 445 g/mol. The number of anilines is 1. The first-order valence-electron chi connectivity index (χ1n) is 9.61. The SMILES string of the molecule is Cc1ncc(-c2nc(-c3cc(S(=O)(=O)NCC4CCCO4)ccc3C)cnc2N)s1. The molecular formula is C20H23N5O3S2. The molecule has 0 amide bonds. The van der Waals surface area contributed by atoms with Crippen LogP contribution in [0.4, 0.5) is 5.82 Å². The van der Waals surface area contributed by atoms with E-state index in [0.29, 0.717) is 29.4 Å². The number of aryl methyl sites for hydroxylation is 2. The maximum atomic E-state index is 12.8. The number of nitrogens with two attached hydrogens (primary N) is 1. The van der Waals surface area contributed by atoms with E-state index in [9.17, 15) is 8.42 Å². The summed E-state index contributed by atoms with van der Waals surface area (Å²) in [6.07, 6.45) is 5.03. The number of hydrogen-bond acceptors (Lipinski definition) is 8. The quantitative estimate of drug-likeness (QED) is 0.598. The van der Waals surface area contributed by atoms with Crippen molar-refractivity contribution in [3.8, 4) is 21.8 Å². The number of sulfonamides is 1. The predicted molar refractivity (Wildman–Crippen MR) is 117 cm³/mol. The second-order valence-corrected chi connectivity index (χ2v) is 10.2. The van der Waals surface area contributed by atoms with Gasteiger partial charge in [-0.15, -0.1) is 11.3 Å². The van der Waals surface area contributed by atoms with Gasteiger partial charge in [0.1, 0.15) is 5.69 Å². The summed E-state index contributed by atoms with van der Waals surface area (Å²) >= 11 is 1.48. The zero-order chi connectivity index (χ0) is 21.3. The van der Waals surface area contributed by atoms with Gasteiger partial charge in [-0.3, -0.25) is 0 Å². The highest BCUT2D eigenvalue weighted by Crippen LogP contribution is 2.31. The third-order valence-electron chi connectivity index (χ3n) is 4.98. The third kappa shape index (κ3) is 4.36. The van der Waals surface area contributed by atoms with Gasteiger partial charge in [0.05, 0.1) is 32.8 Å². The molecule has 8 nitrogen and oxygen atoms in total. The van der Waals surface area contributed by atoms with Gasteiger partial charge in [-0.2, -0.15) is 0 Å². The molecule has 1 fully saturated rings. The van der Waals surface area contributed by atoms with Crippen molar-refractivity contribution in [2.45, 2.75) is 37.7 Å². The van der Waals surface area contributed by atoms with Gasteiger partial charge < -0.3 is 10.5 Å². The first-order chi connectivity index (χ1) is 14.3. The molecule has 3 aromatic rings. The highest BCUT2D eigenvalue weighted by atomic mass is 32.2. The van der Waals surface area contributed by atoms with Gasteiger partial charge in [0.25, 0.3) is 0 Å². The molecule has 158 valence electrons. The number of nitrogens with one attached hydrogen (secondary N) is 1. The first-order valence-corrected chi connectivity index (χ1v) is 11.9. The fraction of sp³-hybridized carbons (Fsp3) is 0.350. The third-order valence-corrected chi connectivity index (χ3v) is 7.32. The second-order valence-electron chi connectivity index (χ2n) is 7.20. The minimum Gasteiger partial charge on any atom is -0.382 e. The summed E-state index contributed by atoms with van der Waals surface area (Å²) in [5.74, 6) is 0.307. The molecule has 1 atom stereocenters. The topological polar surface area (TPSA) is 120 Å². The Hall–Kier alpha value is -2.40. The molecule has 0 spiro atoms. The van der Waals surface area contributed by atoms with E-state index in [1.54, 1.807) is 30.6 Å². The van der Waals surface area contributed by atoms with Gasteiger partial charge in [-0.1, -0.05) is 6.07 Å². The van der Waals surface area contributed by atoms with Gasteiger partial charge in [0.15, 0.2) is 5.82 Å².